The molecule has 2 saturated heterocycles. The topological polar surface area (TPSA) is 138 Å². The number of carbonyl (C=O) groups is 1. The van der Waals surface area contributed by atoms with Gasteiger partial charge in [0.2, 0.25) is 0 Å². The number of aryl methyl sites for hydroxylation is 1. The highest BCUT2D eigenvalue weighted by atomic mass is 16.6. The first-order chi connectivity index (χ1) is 27.9. The Morgan fingerprint density at radius 3 is 2.44 bits per heavy atom. The van der Waals surface area contributed by atoms with E-state index in [1.807, 2.05) is 19.1 Å². The minimum atomic E-state index is -1.17. The molecule has 6 fully saturated rings. The van der Waals surface area contributed by atoms with Gasteiger partial charge in [0.1, 0.15) is 17.8 Å². The molecule has 3 heterocycles. The van der Waals surface area contributed by atoms with Gasteiger partial charge in [0.25, 0.3) is 0 Å². The Morgan fingerprint density at radius 1 is 0.983 bits per heavy atom. The molecule has 59 heavy (non-hydrogen) atoms. The molecule has 1 aromatic carbocycles. The SMILES string of the molecule is CC1CCOC(C2OC2C(C)(O)C(C)(C)CCC2=CCNC(N)=C2)(C2CCC3(O)C4=CC(=O)C5CC(O)CC6(CCCC6)C5(C)C4C(CCc4ccccc4)CC23C)C1. The van der Waals surface area contributed by atoms with Crippen LogP contribution in [0.2, 0.25) is 0 Å². The van der Waals surface area contributed by atoms with Gasteiger partial charge in [-0.3, -0.25) is 4.79 Å². The zero-order valence-electron chi connectivity index (χ0n) is 36.9. The van der Waals surface area contributed by atoms with Crippen molar-refractivity contribution in [3.05, 3.63) is 71.1 Å². The number of rotatable bonds is 10. The van der Waals surface area contributed by atoms with E-state index in [-0.39, 0.29) is 46.4 Å². The van der Waals surface area contributed by atoms with Crippen LogP contribution in [-0.4, -0.2) is 69.4 Å². The highest BCUT2D eigenvalue weighted by molar-refractivity contribution is 5.95. The Kier molecular flexibility index (Phi) is 10.3. The number of aliphatic hydroxyl groups is 3. The fourth-order valence-electron chi connectivity index (χ4n) is 15.5. The van der Waals surface area contributed by atoms with E-state index in [2.05, 4.69) is 76.3 Å². The van der Waals surface area contributed by atoms with Gasteiger partial charge in [-0.15, -0.1) is 0 Å². The molecule has 0 bridgehead atoms. The molecular formula is C51H74N2O6. The highest BCUT2D eigenvalue weighted by Gasteiger charge is 2.77. The summed E-state index contributed by atoms with van der Waals surface area (Å²) in [4.78, 5) is 14.7. The van der Waals surface area contributed by atoms with Crippen molar-refractivity contribution >= 4 is 5.78 Å². The van der Waals surface area contributed by atoms with Gasteiger partial charge >= 0.3 is 0 Å². The first-order valence-electron chi connectivity index (χ1n) is 23.5. The molecule has 0 aromatic heterocycles. The third-order valence-corrected chi connectivity index (χ3v) is 19.2. The summed E-state index contributed by atoms with van der Waals surface area (Å²) in [5.74, 6) is 1.24. The van der Waals surface area contributed by atoms with Crippen molar-refractivity contribution < 1.29 is 29.6 Å². The average Bonchev–Trinajstić information content (AvgIpc) is 3.81. The van der Waals surface area contributed by atoms with Gasteiger partial charge < -0.3 is 35.8 Å². The van der Waals surface area contributed by atoms with Crippen molar-refractivity contribution in [1.82, 2.24) is 5.32 Å². The molecule has 0 amide bonds. The summed E-state index contributed by atoms with van der Waals surface area (Å²) in [6.07, 6.45) is 18.1. The summed E-state index contributed by atoms with van der Waals surface area (Å²) in [6.45, 7) is 14.7. The van der Waals surface area contributed by atoms with Crippen molar-refractivity contribution in [2.24, 2.45) is 57.0 Å². The van der Waals surface area contributed by atoms with Crippen molar-refractivity contribution in [2.45, 2.75) is 173 Å². The standard InChI is InChI=1S/C51H74N2O6/c1-32-19-25-58-50(29-32,44-43(59-44)48(6,56)45(2,3)22-16-34-18-24-53-41(52)26-34)40-17-23-51(57)38-28-39(55)37-27-36(54)31-49(20-10-11-21-49)47(37,5)42(38)35(30-46(40,51)4)15-14-33-12-8-7-9-13-33/h7-9,12-13,18,26,28,32,35-37,40,42-44,53-54,56-57H,10-11,14-17,19-25,27,29-31,52H2,1-6H3. The van der Waals surface area contributed by atoms with Crippen molar-refractivity contribution in [3.63, 3.8) is 0 Å². The smallest absolute Gasteiger partial charge is 0.159 e. The zero-order chi connectivity index (χ0) is 41.8. The summed E-state index contributed by atoms with van der Waals surface area (Å²) in [5.41, 5.74) is 5.11. The Hall–Kier alpha value is -2.49. The molecule has 6 N–H and O–H groups in total. The van der Waals surface area contributed by atoms with Gasteiger partial charge in [-0.2, -0.15) is 0 Å². The number of hydrogen-bond acceptors (Lipinski definition) is 8. The van der Waals surface area contributed by atoms with E-state index in [4.69, 9.17) is 15.2 Å². The van der Waals surface area contributed by atoms with Gasteiger partial charge in [0, 0.05) is 24.5 Å². The number of fused-ring (bicyclic) bond motifs is 6. The number of ether oxygens (including phenoxy) is 2. The van der Waals surface area contributed by atoms with Crippen LogP contribution in [0.25, 0.3) is 0 Å². The molecule has 9 rings (SSSR count). The molecule has 1 aromatic rings. The second-order valence-electron chi connectivity index (χ2n) is 22.4. The number of ketones is 1. The number of allylic oxidation sites excluding steroid dienone is 3. The summed E-state index contributed by atoms with van der Waals surface area (Å²) in [5, 5.41) is 41.0. The first-order valence-corrected chi connectivity index (χ1v) is 23.5. The van der Waals surface area contributed by atoms with Crippen molar-refractivity contribution in [3.8, 4) is 0 Å². The van der Waals surface area contributed by atoms with Gasteiger partial charge in [0.15, 0.2) is 5.78 Å². The van der Waals surface area contributed by atoms with Crippen LogP contribution in [0.15, 0.2) is 65.5 Å². The lowest BCUT2D eigenvalue weighted by atomic mass is 9.37. The zero-order valence-corrected chi connectivity index (χ0v) is 36.9. The van der Waals surface area contributed by atoms with E-state index in [9.17, 15) is 20.1 Å². The monoisotopic (exact) mass is 811 g/mol. The molecule has 3 aliphatic heterocycles. The fraction of sp³-hybridized carbons (Fsp3) is 0.745. The average molecular weight is 811 g/mol. The van der Waals surface area contributed by atoms with E-state index in [0.717, 1.165) is 95.6 Å². The number of hydrogen-bond donors (Lipinski definition) is 5. The number of carbonyl (C=O) groups excluding carboxylic acids is 1. The molecule has 5 aliphatic carbocycles. The molecule has 1 spiro atoms. The van der Waals surface area contributed by atoms with E-state index >= 15 is 0 Å². The molecule has 0 radical (unpaired) electrons. The number of aliphatic hydroxyl groups excluding tert-OH is 1. The van der Waals surface area contributed by atoms with Crippen LogP contribution in [0.4, 0.5) is 0 Å². The lowest BCUT2D eigenvalue weighted by molar-refractivity contribution is -0.211. The largest absolute Gasteiger partial charge is 0.393 e. The highest BCUT2D eigenvalue weighted by Crippen LogP contribution is 2.76. The summed E-state index contributed by atoms with van der Waals surface area (Å²) < 4.78 is 14.1. The quantitative estimate of drug-likeness (QED) is 0.150. The lowest BCUT2D eigenvalue weighted by Gasteiger charge is -2.67. The van der Waals surface area contributed by atoms with Crippen LogP contribution in [0.1, 0.15) is 137 Å². The third-order valence-electron chi connectivity index (χ3n) is 19.2. The molecule has 13 atom stereocenters. The van der Waals surface area contributed by atoms with Crippen molar-refractivity contribution in [1.29, 1.82) is 0 Å². The van der Waals surface area contributed by atoms with Gasteiger partial charge in [0.05, 0.1) is 23.1 Å². The normalized spacial score (nSPS) is 43.7. The molecule has 8 heteroatoms. The number of benzene rings is 1. The van der Waals surface area contributed by atoms with Crippen LogP contribution in [0, 0.1) is 51.2 Å². The number of dihydropyridines is 1. The Morgan fingerprint density at radius 2 is 1.73 bits per heavy atom. The maximum Gasteiger partial charge on any atom is 0.159 e. The first kappa shape index (κ1) is 41.8. The second kappa shape index (κ2) is 14.5. The number of epoxide rings is 1. The second-order valence-corrected chi connectivity index (χ2v) is 22.4. The maximum absolute atomic E-state index is 14.7. The summed E-state index contributed by atoms with van der Waals surface area (Å²) in [7, 11) is 0. The van der Waals surface area contributed by atoms with Crippen LogP contribution < -0.4 is 11.1 Å². The molecule has 324 valence electrons. The van der Waals surface area contributed by atoms with Crippen LogP contribution >= 0.6 is 0 Å². The van der Waals surface area contributed by atoms with Gasteiger partial charge in [-0.1, -0.05) is 83.9 Å². The van der Waals surface area contributed by atoms with Crippen LogP contribution in [0.5, 0.6) is 0 Å². The number of nitrogens with two attached hydrogens (primary N) is 1. The van der Waals surface area contributed by atoms with E-state index in [1.165, 1.54) is 11.1 Å². The minimum absolute atomic E-state index is 0.0278. The van der Waals surface area contributed by atoms with Gasteiger partial charge in [-0.05, 0) is 159 Å². The molecule has 13 unspecified atom stereocenters. The van der Waals surface area contributed by atoms with E-state index in [0.29, 0.717) is 31.2 Å². The minimum Gasteiger partial charge on any atom is -0.393 e. The van der Waals surface area contributed by atoms with Crippen LogP contribution in [0.3, 0.4) is 0 Å². The summed E-state index contributed by atoms with van der Waals surface area (Å²) >= 11 is 0. The van der Waals surface area contributed by atoms with E-state index in [1.54, 1.807) is 0 Å². The molecule has 4 saturated carbocycles. The summed E-state index contributed by atoms with van der Waals surface area (Å²) in [6, 6.07) is 10.8. The lowest BCUT2D eigenvalue weighted by Crippen LogP contribution is -2.67. The fourth-order valence-corrected chi connectivity index (χ4v) is 15.5. The Bertz CT molecular complexity index is 1880. The predicted octanol–water partition coefficient (Wildman–Crippen LogP) is 8.09. The van der Waals surface area contributed by atoms with E-state index < -0.39 is 39.8 Å². The molecule has 8 nitrogen and oxygen atoms in total. The maximum atomic E-state index is 14.7. The van der Waals surface area contributed by atoms with Gasteiger partial charge in [-0.25, -0.2) is 0 Å². The molecular weight excluding hydrogens is 737 g/mol. The Balaban J connectivity index is 1.09. The van der Waals surface area contributed by atoms with Crippen LogP contribution in [-0.2, 0) is 20.7 Å². The number of nitrogens with one attached hydrogen (secondary N) is 1. The molecule has 8 aliphatic rings. The predicted molar refractivity (Wildman–Crippen MR) is 231 cm³/mol. The van der Waals surface area contributed by atoms with Crippen molar-refractivity contribution in [2.75, 3.05) is 13.2 Å². The Labute approximate surface area is 353 Å². The third kappa shape index (κ3) is 6.33.